The topological polar surface area (TPSA) is 54.7 Å². The molecule has 0 bridgehead atoms. The molecule has 26 heavy (non-hydrogen) atoms. The van der Waals surface area contributed by atoms with Crippen LogP contribution in [0.25, 0.3) is 0 Å². The summed E-state index contributed by atoms with van der Waals surface area (Å²) in [6.45, 7) is 7.63. The number of benzene rings is 1. The van der Waals surface area contributed by atoms with E-state index in [1.807, 2.05) is 49.1 Å². The van der Waals surface area contributed by atoms with Gasteiger partial charge in [-0.05, 0) is 50.9 Å². The normalized spacial score (nSPS) is 10.8. The van der Waals surface area contributed by atoms with Gasteiger partial charge in [-0.3, -0.25) is 4.79 Å². The summed E-state index contributed by atoms with van der Waals surface area (Å²) in [5.74, 6) is 1.77. The molecule has 0 radical (unpaired) electrons. The van der Waals surface area contributed by atoms with Crippen LogP contribution in [-0.2, 0) is 22.5 Å². The van der Waals surface area contributed by atoms with Crippen molar-refractivity contribution < 1.29 is 13.9 Å². The number of furan rings is 1. The highest BCUT2D eigenvalue weighted by Crippen LogP contribution is 2.11. The van der Waals surface area contributed by atoms with Gasteiger partial charge in [-0.25, -0.2) is 0 Å². The van der Waals surface area contributed by atoms with Gasteiger partial charge in [0.05, 0.1) is 13.1 Å². The highest BCUT2D eigenvalue weighted by Gasteiger charge is 2.15. The molecule has 5 heteroatoms. The summed E-state index contributed by atoms with van der Waals surface area (Å²) in [6.07, 6.45) is 1.74. The predicted octanol–water partition coefficient (Wildman–Crippen LogP) is 3.18. The van der Waals surface area contributed by atoms with Crippen molar-refractivity contribution in [2.24, 2.45) is 0 Å². The number of nitrogens with one attached hydrogen (secondary N) is 1. The first-order valence-corrected chi connectivity index (χ1v) is 9.34. The highest BCUT2D eigenvalue weighted by molar-refractivity contribution is 5.78. The maximum Gasteiger partial charge on any atom is 0.236 e. The number of hydrogen-bond acceptors (Lipinski definition) is 4. The summed E-state index contributed by atoms with van der Waals surface area (Å²) in [5.41, 5.74) is 1.23. The lowest BCUT2D eigenvalue weighted by atomic mass is 10.1. The summed E-state index contributed by atoms with van der Waals surface area (Å²) >= 11 is 0. The van der Waals surface area contributed by atoms with Gasteiger partial charge in [0.1, 0.15) is 11.5 Å². The van der Waals surface area contributed by atoms with Gasteiger partial charge in [-0.15, -0.1) is 0 Å². The zero-order chi connectivity index (χ0) is 18.6. The summed E-state index contributed by atoms with van der Waals surface area (Å²) in [7, 11) is 0. The molecule has 1 amide bonds. The molecule has 2 rings (SSSR count). The zero-order valence-corrected chi connectivity index (χ0v) is 15.9. The summed E-state index contributed by atoms with van der Waals surface area (Å²) in [4.78, 5) is 14.5. The molecule has 2 aromatic rings. The molecular weight excluding hydrogens is 328 g/mol. The Labute approximate surface area is 156 Å². The van der Waals surface area contributed by atoms with E-state index in [4.69, 9.17) is 9.15 Å². The summed E-state index contributed by atoms with van der Waals surface area (Å²) in [5, 5.41) is 3.21. The van der Waals surface area contributed by atoms with Crippen molar-refractivity contribution in [2.45, 2.75) is 33.2 Å². The van der Waals surface area contributed by atoms with Crippen LogP contribution in [0, 0.1) is 6.92 Å². The lowest BCUT2D eigenvalue weighted by Gasteiger charge is -2.22. The SMILES string of the molecule is CCOCCCNCC(=O)N(CCc1ccccc1)Cc1ccc(C)o1. The van der Waals surface area contributed by atoms with Crippen molar-refractivity contribution in [3.63, 3.8) is 0 Å². The van der Waals surface area contributed by atoms with Crippen LogP contribution in [-0.4, -0.2) is 43.7 Å². The smallest absolute Gasteiger partial charge is 0.236 e. The molecule has 0 aliphatic heterocycles. The largest absolute Gasteiger partial charge is 0.464 e. The lowest BCUT2D eigenvalue weighted by Crippen LogP contribution is -2.39. The first-order valence-electron chi connectivity index (χ1n) is 9.34. The fraction of sp³-hybridized carbons (Fsp3) is 0.476. The summed E-state index contributed by atoms with van der Waals surface area (Å²) < 4.78 is 11.0. The van der Waals surface area contributed by atoms with Gasteiger partial charge in [-0.2, -0.15) is 0 Å². The third-order valence-corrected chi connectivity index (χ3v) is 4.13. The van der Waals surface area contributed by atoms with Crippen molar-refractivity contribution in [3.8, 4) is 0 Å². The average Bonchev–Trinajstić information content (AvgIpc) is 3.07. The minimum Gasteiger partial charge on any atom is -0.464 e. The molecule has 142 valence electrons. The first kappa shape index (κ1) is 20.2. The number of carbonyl (C=O) groups is 1. The van der Waals surface area contributed by atoms with Crippen LogP contribution in [0.2, 0.25) is 0 Å². The van der Waals surface area contributed by atoms with Gasteiger partial charge >= 0.3 is 0 Å². The Morgan fingerprint density at radius 2 is 2.00 bits per heavy atom. The molecule has 1 heterocycles. The predicted molar refractivity (Wildman–Crippen MR) is 103 cm³/mol. The lowest BCUT2D eigenvalue weighted by molar-refractivity contribution is -0.131. The van der Waals surface area contributed by atoms with Gasteiger partial charge in [0, 0.05) is 19.8 Å². The van der Waals surface area contributed by atoms with Gasteiger partial charge < -0.3 is 19.4 Å². The van der Waals surface area contributed by atoms with Gasteiger partial charge in [0.25, 0.3) is 0 Å². The van der Waals surface area contributed by atoms with E-state index >= 15 is 0 Å². The minimum absolute atomic E-state index is 0.0893. The van der Waals surface area contributed by atoms with Crippen LogP contribution >= 0.6 is 0 Å². The van der Waals surface area contributed by atoms with Crippen molar-refractivity contribution in [3.05, 3.63) is 59.5 Å². The summed E-state index contributed by atoms with van der Waals surface area (Å²) in [6, 6.07) is 14.1. The maximum atomic E-state index is 12.7. The van der Waals surface area contributed by atoms with E-state index in [0.717, 1.165) is 44.1 Å². The molecule has 0 unspecified atom stereocenters. The maximum absolute atomic E-state index is 12.7. The number of hydrogen-bond donors (Lipinski definition) is 1. The molecule has 0 aliphatic carbocycles. The molecule has 0 spiro atoms. The second-order valence-corrected chi connectivity index (χ2v) is 6.29. The van der Waals surface area contributed by atoms with E-state index in [1.54, 1.807) is 0 Å². The quantitative estimate of drug-likeness (QED) is 0.592. The highest BCUT2D eigenvalue weighted by atomic mass is 16.5. The second-order valence-electron chi connectivity index (χ2n) is 6.29. The van der Waals surface area contributed by atoms with E-state index in [1.165, 1.54) is 5.56 Å². The minimum atomic E-state index is 0.0893. The molecule has 0 saturated heterocycles. The molecular formula is C21H30N2O3. The fourth-order valence-corrected chi connectivity index (χ4v) is 2.71. The fourth-order valence-electron chi connectivity index (χ4n) is 2.71. The second kappa shape index (κ2) is 11.5. The van der Waals surface area contributed by atoms with Crippen molar-refractivity contribution in [1.82, 2.24) is 10.2 Å². The van der Waals surface area contributed by atoms with E-state index in [2.05, 4.69) is 17.4 Å². The van der Waals surface area contributed by atoms with Crippen LogP contribution in [0.1, 0.15) is 30.4 Å². The third-order valence-electron chi connectivity index (χ3n) is 4.13. The number of carbonyl (C=O) groups excluding carboxylic acids is 1. The number of nitrogens with zero attached hydrogens (tertiary/aromatic N) is 1. The van der Waals surface area contributed by atoms with Crippen LogP contribution in [0.4, 0.5) is 0 Å². The molecule has 0 saturated carbocycles. The number of rotatable bonds is 12. The van der Waals surface area contributed by atoms with E-state index in [9.17, 15) is 4.79 Å². The average molecular weight is 358 g/mol. The number of amides is 1. The molecule has 1 aromatic carbocycles. The van der Waals surface area contributed by atoms with Gasteiger partial charge in [0.2, 0.25) is 5.91 Å². The number of aryl methyl sites for hydroxylation is 1. The van der Waals surface area contributed by atoms with E-state index in [0.29, 0.717) is 19.6 Å². The van der Waals surface area contributed by atoms with Crippen LogP contribution in [0.5, 0.6) is 0 Å². The monoisotopic (exact) mass is 358 g/mol. The Morgan fingerprint density at radius 3 is 2.69 bits per heavy atom. The van der Waals surface area contributed by atoms with Crippen LogP contribution in [0.15, 0.2) is 46.9 Å². The third kappa shape index (κ3) is 7.42. The molecule has 1 aromatic heterocycles. The van der Waals surface area contributed by atoms with Crippen molar-refractivity contribution >= 4 is 5.91 Å². The van der Waals surface area contributed by atoms with E-state index in [-0.39, 0.29) is 5.91 Å². The van der Waals surface area contributed by atoms with E-state index < -0.39 is 0 Å². The van der Waals surface area contributed by atoms with Gasteiger partial charge in [0.15, 0.2) is 0 Å². The molecule has 0 fully saturated rings. The van der Waals surface area contributed by atoms with Crippen molar-refractivity contribution in [2.75, 3.05) is 32.8 Å². The standard InChI is InChI=1S/C21H30N2O3/c1-3-25-15-7-13-22-16-21(24)23(17-20-11-10-18(2)26-20)14-12-19-8-5-4-6-9-19/h4-6,8-11,22H,3,7,12-17H2,1-2H3. The van der Waals surface area contributed by atoms with Crippen LogP contribution < -0.4 is 5.32 Å². The Kier molecular flexibility index (Phi) is 8.93. The molecule has 1 N–H and O–H groups in total. The first-order chi connectivity index (χ1) is 12.7. The molecule has 0 atom stereocenters. The van der Waals surface area contributed by atoms with Crippen LogP contribution in [0.3, 0.4) is 0 Å². The van der Waals surface area contributed by atoms with Crippen molar-refractivity contribution in [1.29, 1.82) is 0 Å². The Hall–Kier alpha value is -2.11. The molecule has 5 nitrogen and oxygen atoms in total. The molecule has 0 aliphatic rings. The number of ether oxygens (including phenoxy) is 1. The van der Waals surface area contributed by atoms with Gasteiger partial charge in [-0.1, -0.05) is 30.3 Å². The Morgan fingerprint density at radius 1 is 1.19 bits per heavy atom. The zero-order valence-electron chi connectivity index (χ0n) is 15.9. The Bertz CT molecular complexity index is 640. The Balaban J connectivity index is 1.85.